The molecular formula is C17H23N3O. The lowest BCUT2D eigenvalue weighted by atomic mass is 10.1. The second-order valence-electron chi connectivity index (χ2n) is 5.46. The van der Waals surface area contributed by atoms with Crippen molar-refractivity contribution in [3.05, 3.63) is 53.3 Å². The molecular weight excluding hydrogens is 262 g/mol. The molecule has 0 bridgehead atoms. The van der Waals surface area contributed by atoms with Gasteiger partial charge in [0.05, 0.1) is 11.7 Å². The van der Waals surface area contributed by atoms with Gasteiger partial charge >= 0.3 is 0 Å². The van der Waals surface area contributed by atoms with E-state index in [9.17, 15) is 4.79 Å². The second-order valence-corrected chi connectivity index (χ2v) is 5.46. The molecule has 1 unspecified atom stereocenters. The molecule has 1 heterocycles. The van der Waals surface area contributed by atoms with Crippen LogP contribution in [0.4, 0.5) is 5.69 Å². The fourth-order valence-corrected chi connectivity index (χ4v) is 2.36. The van der Waals surface area contributed by atoms with Gasteiger partial charge in [-0.3, -0.25) is 4.79 Å². The normalized spacial score (nSPS) is 12.1. The highest BCUT2D eigenvalue weighted by Gasteiger charge is 2.15. The minimum absolute atomic E-state index is 0.0377. The largest absolute Gasteiger partial charge is 0.397 e. The number of benzene rings is 1. The summed E-state index contributed by atoms with van der Waals surface area (Å²) in [5, 5.41) is 3.03. The molecule has 0 aliphatic rings. The smallest absolute Gasteiger partial charge is 0.268 e. The number of nitrogens with two attached hydrogens (primary N) is 1. The summed E-state index contributed by atoms with van der Waals surface area (Å²) in [6, 6.07) is 9.88. The first kappa shape index (κ1) is 15.2. The molecule has 0 aliphatic heterocycles. The Kier molecular flexibility index (Phi) is 4.68. The minimum atomic E-state index is -0.0896. The number of hydrogen-bond donors (Lipinski definition) is 2. The fraction of sp³-hybridized carbons (Fsp3) is 0.353. The lowest BCUT2D eigenvalue weighted by Crippen LogP contribution is -2.28. The summed E-state index contributed by atoms with van der Waals surface area (Å²) in [7, 11) is 0. The Morgan fingerprint density at radius 3 is 2.62 bits per heavy atom. The van der Waals surface area contributed by atoms with E-state index in [1.54, 1.807) is 6.07 Å². The predicted octanol–water partition coefficient (Wildman–Crippen LogP) is 3.28. The molecule has 0 saturated heterocycles. The molecule has 4 heteroatoms. The van der Waals surface area contributed by atoms with Crippen LogP contribution in [0.15, 0.2) is 36.5 Å². The van der Waals surface area contributed by atoms with Crippen molar-refractivity contribution >= 4 is 11.6 Å². The molecule has 1 aromatic heterocycles. The van der Waals surface area contributed by atoms with Gasteiger partial charge in [-0.1, -0.05) is 36.8 Å². The van der Waals surface area contributed by atoms with E-state index in [-0.39, 0.29) is 11.9 Å². The molecule has 0 fully saturated rings. The van der Waals surface area contributed by atoms with Crippen LogP contribution in [0, 0.1) is 6.92 Å². The molecule has 3 N–H and O–H groups in total. The Morgan fingerprint density at radius 2 is 2.00 bits per heavy atom. The van der Waals surface area contributed by atoms with Crippen molar-refractivity contribution in [1.82, 2.24) is 9.88 Å². The monoisotopic (exact) mass is 285 g/mol. The van der Waals surface area contributed by atoms with Gasteiger partial charge in [-0.2, -0.15) is 0 Å². The first-order valence-corrected chi connectivity index (χ1v) is 7.34. The van der Waals surface area contributed by atoms with Crippen LogP contribution in [0.3, 0.4) is 0 Å². The van der Waals surface area contributed by atoms with Crippen LogP contribution in [0.1, 0.15) is 47.9 Å². The molecule has 1 aromatic carbocycles. The molecule has 4 nitrogen and oxygen atoms in total. The highest BCUT2D eigenvalue weighted by atomic mass is 16.2. The highest BCUT2D eigenvalue weighted by Crippen LogP contribution is 2.16. The molecule has 0 aliphatic carbocycles. The van der Waals surface area contributed by atoms with Gasteiger partial charge in [-0.25, -0.2) is 0 Å². The van der Waals surface area contributed by atoms with Crippen molar-refractivity contribution in [2.24, 2.45) is 0 Å². The second kappa shape index (κ2) is 6.48. The van der Waals surface area contributed by atoms with Crippen molar-refractivity contribution in [3.63, 3.8) is 0 Å². The maximum Gasteiger partial charge on any atom is 0.268 e. The Labute approximate surface area is 126 Å². The van der Waals surface area contributed by atoms with Crippen LogP contribution in [-0.4, -0.2) is 10.5 Å². The average molecular weight is 285 g/mol. The van der Waals surface area contributed by atoms with Gasteiger partial charge in [-0.05, 0) is 31.9 Å². The molecule has 0 saturated carbocycles. The third-order valence-corrected chi connectivity index (χ3v) is 3.54. The molecule has 0 spiro atoms. The molecule has 1 atom stereocenters. The maximum absolute atomic E-state index is 12.4. The van der Waals surface area contributed by atoms with Crippen molar-refractivity contribution in [2.75, 3.05) is 5.73 Å². The standard InChI is InChI=1S/C17H23N3O/c1-4-9-20-11-15(18)10-16(20)17(21)19-13(3)14-7-5-12(2)6-8-14/h5-8,10-11,13H,4,9,18H2,1-3H3,(H,19,21). The number of hydrogen-bond acceptors (Lipinski definition) is 2. The van der Waals surface area contributed by atoms with Crippen LogP contribution >= 0.6 is 0 Å². The van der Waals surface area contributed by atoms with Crippen LogP contribution in [-0.2, 0) is 6.54 Å². The summed E-state index contributed by atoms with van der Waals surface area (Å²) in [6.45, 7) is 6.90. The SMILES string of the molecule is CCCn1cc(N)cc1C(=O)NC(C)c1ccc(C)cc1. The summed E-state index contributed by atoms with van der Waals surface area (Å²) in [6.07, 6.45) is 2.77. The zero-order chi connectivity index (χ0) is 15.4. The number of aromatic nitrogens is 1. The third kappa shape index (κ3) is 3.66. The van der Waals surface area contributed by atoms with Gasteiger partial charge in [0, 0.05) is 12.7 Å². The lowest BCUT2D eigenvalue weighted by Gasteiger charge is -2.15. The number of carbonyl (C=O) groups excluding carboxylic acids is 1. The molecule has 0 radical (unpaired) electrons. The average Bonchev–Trinajstić information content (AvgIpc) is 2.81. The van der Waals surface area contributed by atoms with Gasteiger partial charge in [0.25, 0.3) is 5.91 Å². The summed E-state index contributed by atoms with van der Waals surface area (Å²) < 4.78 is 1.91. The van der Waals surface area contributed by atoms with E-state index in [2.05, 4.69) is 24.4 Å². The van der Waals surface area contributed by atoms with Crippen LogP contribution < -0.4 is 11.1 Å². The fourth-order valence-electron chi connectivity index (χ4n) is 2.36. The van der Waals surface area contributed by atoms with Crippen molar-refractivity contribution < 1.29 is 4.79 Å². The van der Waals surface area contributed by atoms with Crippen LogP contribution in [0.2, 0.25) is 0 Å². The summed E-state index contributed by atoms with van der Waals surface area (Å²) >= 11 is 0. The van der Waals surface area contributed by atoms with Gasteiger partial charge in [-0.15, -0.1) is 0 Å². The molecule has 2 aromatic rings. The summed E-state index contributed by atoms with van der Waals surface area (Å²) in [4.78, 5) is 12.4. The number of anilines is 1. The topological polar surface area (TPSA) is 60.0 Å². The van der Waals surface area contributed by atoms with E-state index in [0.29, 0.717) is 11.4 Å². The first-order chi connectivity index (χ1) is 10.0. The van der Waals surface area contributed by atoms with Crippen molar-refractivity contribution in [2.45, 2.75) is 39.8 Å². The van der Waals surface area contributed by atoms with E-state index >= 15 is 0 Å². The highest BCUT2D eigenvalue weighted by molar-refractivity contribution is 5.94. The Bertz CT molecular complexity index is 613. The molecule has 112 valence electrons. The summed E-state index contributed by atoms with van der Waals surface area (Å²) in [5.41, 5.74) is 9.35. The minimum Gasteiger partial charge on any atom is -0.397 e. The number of aryl methyl sites for hydroxylation is 2. The van der Waals surface area contributed by atoms with E-state index in [4.69, 9.17) is 5.73 Å². The van der Waals surface area contributed by atoms with Crippen LogP contribution in [0.25, 0.3) is 0 Å². The van der Waals surface area contributed by atoms with Gasteiger partial charge in [0.2, 0.25) is 0 Å². The van der Waals surface area contributed by atoms with Gasteiger partial charge in [0.15, 0.2) is 0 Å². The van der Waals surface area contributed by atoms with Crippen molar-refractivity contribution in [1.29, 1.82) is 0 Å². The third-order valence-electron chi connectivity index (χ3n) is 3.54. The van der Waals surface area contributed by atoms with E-state index in [1.165, 1.54) is 5.56 Å². The Balaban J connectivity index is 2.12. The van der Waals surface area contributed by atoms with E-state index < -0.39 is 0 Å². The van der Waals surface area contributed by atoms with Crippen LogP contribution in [0.5, 0.6) is 0 Å². The molecule has 2 rings (SSSR count). The van der Waals surface area contributed by atoms with E-state index in [0.717, 1.165) is 18.5 Å². The summed E-state index contributed by atoms with van der Waals surface area (Å²) in [5.74, 6) is -0.0896. The maximum atomic E-state index is 12.4. The lowest BCUT2D eigenvalue weighted by molar-refractivity contribution is 0.0930. The quantitative estimate of drug-likeness (QED) is 0.885. The van der Waals surface area contributed by atoms with Crippen molar-refractivity contribution in [3.8, 4) is 0 Å². The molecule has 21 heavy (non-hydrogen) atoms. The van der Waals surface area contributed by atoms with Gasteiger partial charge in [0.1, 0.15) is 5.69 Å². The zero-order valence-corrected chi connectivity index (χ0v) is 12.9. The molecule has 1 amide bonds. The van der Waals surface area contributed by atoms with Gasteiger partial charge < -0.3 is 15.6 Å². The number of nitrogens with one attached hydrogen (secondary N) is 1. The predicted molar refractivity (Wildman–Crippen MR) is 86.2 cm³/mol. The Hall–Kier alpha value is -2.23. The number of rotatable bonds is 5. The van der Waals surface area contributed by atoms with E-state index in [1.807, 2.05) is 36.7 Å². The first-order valence-electron chi connectivity index (χ1n) is 7.34. The Morgan fingerprint density at radius 1 is 1.33 bits per heavy atom. The number of carbonyl (C=O) groups is 1. The number of nitrogen functional groups attached to an aromatic ring is 1. The zero-order valence-electron chi connectivity index (χ0n) is 12.9. The number of nitrogens with zero attached hydrogens (tertiary/aromatic N) is 1. The number of amides is 1.